The first-order valence-electron chi connectivity index (χ1n) is 4.29. The molecule has 0 saturated heterocycles. The van der Waals surface area contributed by atoms with E-state index in [0.29, 0.717) is 5.92 Å². The molecule has 1 aliphatic heterocycles. The lowest BCUT2D eigenvalue weighted by atomic mass is 9.95. The molecule has 2 unspecified atom stereocenters. The normalized spacial score (nSPS) is 21.3. The third-order valence-corrected chi connectivity index (χ3v) is 2.73. The highest BCUT2D eigenvalue weighted by atomic mass is 31.0. The minimum atomic E-state index is 0.647. The lowest BCUT2D eigenvalue weighted by Gasteiger charge is -2.23. The van der Waals surface area contributed by atoms with Crippen LogP contribution in [0.25, 0.3) is 0 Å². The number of rotatable bonds is 0. The average Bonchev–Trinajstić information content (AvgIpc) is 2.07. The summed E-state index contributed by atoms with van der Waals surface area (Å²) in [5, 5.41) is 1.24. The topological polar surface area (TPSA) is 9.23 Å². The zero-order chi connectivity index (χ0) is 8.55. The predicted molar refractivity (Wildman–Crippen MR) is 54.3 cm³/mol. The van der Waals surface area contributed by atoms with E-state index in [-0.39, 0.29) is 0 Å². The van der Waals surface area contributed by atoms with Gasteiger partial charge in [0.05, 0.1) is 6.61 Å². The molecular formula is C10H13OP. The van der Waals surface area contributed by atoms with Crippen LogP contribution in [-0.2, 0) is 0 Å². The quantitative estimate of drug-likeness (QED) is 0.555. The van der Waals surface area contributed by atoms with E-state index in [1.807, 2.05) is 0 Å². The molecule has 0 aliphatic carbocycles. The Kier molecular flexibility index (Phi) is 2.06. The van der Waals surface area contributed by atoms with Gasteiger partial charge in [0.25, 0.3) is 0 Å². The van der Waals surface area contributed by atoms with Crippen LogP contribution in [-0.4, -0.2) is 6.61 Å². The largest absolute Gasteiger partial charge is 0.493 e. The molecule has 12 heavy (non-hydrogen) atoms. The van der Waals surface area contributed by atoms with E-state index in [1.165, 1.54) is 10.9 Å². The van der Waals surface area contributed by atoms with Gasteiger partial charge >= 0.3 is 0 Å². The molecule has 0 aromatic heterocycles. The second kappa shape index (κ2) is 3.06. The molecule has 2 rings (SSSR count). The highest BCUT2D eigenvalue weighted by Gasteiger charge is 2.16. The molecule has 0 saturated carbocycles. The number of hydrogen-bond donors (Lipinski definition) is 0. The van der Waals surface area contributed by atoms with Gasteiger partial charge in [-0.25, -0.2) is 0 Å². The Morgan fingerprint density at radius 1 is 1.50 bits per heavy atom. The van der Waals surface area contributed by atoms with Gasteiger partial charge in [-0.1, -0.05) is 13.0 Å². The Hall–Kier alpha value is -0.550. The van der Waals surface area contributed by atoms with E-state index in [2.05, 4.69) is 34.4 Å². The van der Waals surface area contributed by atoms with Crippen LogP contribution >= 0.6 is 9.24 Å². The Morgan fingerprint density at radius 3 is 3.17 bits per heavy atom. The molecule has 0 spiro atoms. The maximum absolute atomic E-state index is 5.54. The first kappa shape index (κ1) is 8.07. The summed E-state index contributed by atoms with van der Waals surface area (Å²) in [5.41, 5.74) is 1.36. The molecule has 1 aromatic carbocycles. The monoisotopic (exact) mass is 180 g/mol. The molecule has 1 heterocycles. The summed E-state index contributed by atoms with van der Waals surface area (Å²) in [5.74, 6) is 1.72. The van der Waals surface area contributed by atoms with Crippen LogP contribution in [0, 0.1) is 0 Å². The maximum atomic E-state index is 5.54. The molecule has 0 radical (unpaired) electrons. The van der Waals surface area contributed by atoms with Gasteiger partial charge in [0.15, 0.2) is 0 Å². The van der Waals surface area contributed by atoms with Gasteiger partial charge in [-0.15, -0.1) is 9.24 Å². The molecule has 2 atom stereocenters. The van der Waals surface area contributed by atoms with E-state index >= 15 is 0 Å². The Morgan fingerprint density at radius 2 is 2.33 bits per heavy atom. The second-order valence-corrected chi connectivity index (χ2v) is 4.00. The first-order valence-corrected chi connectivity index (χ1v) is 4.87. The third-order valence-electron chi connectivity index (χ3n) is 2.37. The summed E-state index contributed by atoms with van der Waals surface area (Å²) in [7, 11) is 2.72. The van der Waals surface area contributed by atoms with Crippen LogP contribution in [0.5, 0.6) is 5.75 Å². The van der Waals surface area contributed by atoms with Crippen LogP contribution in [0.3, 0.4) is 0 Å². The van der Waals surface area contributed by atoms with Crippen molar-refractivity contribution in [1.29, 1.82) is 0 Å². The van der Waals surface area contributed by atoms with Crippen molar-refractivity contribution in [3.8, 4) is 5.75 Å². The van der Waals surface area contributed by atoms with Gasteiger partial charge in [-0.05, 0) is 35.3 Å². The van der Waals surface area contributed by atoms with Crippen molar-refractivity contribution in [1.82, 2.24) is 0 Å². The van der Waals surface area contributed by atoms with Gasteiger partial charge in [-0.2, -0.15) is 0 Å². The summed E-state index contributed by atoms with van der Waals surface area (Å²) in [6.07, 6.45) is 1.14. The van der Waals surface area contributed by atoms with Crippen molar-refractivity contribution >= 4 is 14.5 Å². The van der Waals surface area contributed by atoms with Crippen LogP contribution in [0.1, 0.15) is 24.8 Å². The summed E-state index contributed by atoms with van der Waals surface area (Å²) in [6, 6.07) is 6.33. The van der Waals surface area contributed by atoms with Crippen molar-refractivity contribution in [3.05, 3.63) is 23.8 Å². The number of ether oxygens (including phenoxy) is 1. The molecular weight excluding hydrogens is 167 g/mol. The molecule has 0 amide bonds. The third kappa shape index (κ3) is 1.34. The second-order valence-electron chi connectivity index (χ2n) is 3.34. The van der Waals surface area contributed by atoms with Crippen molar-refractivity contribution in [2.75, 3.05) is 6.61 Å². The van der Waals surface area contributed by atoms with E-state index in [9.17, 15) is 0 Å². The molecule has 1 nitrogen and oxygen atoms in total. The zero-order valence-corrected chi connectivity index (χ0v) is 8.36. The van der Waals surface area contributed by atoms with E-state index in [1.54, 1.807) is 0 Å². The fourth-order valence-electron chi connectivity index (χ4n) is 1.58. The summed E-state index contributed by atoms with van der Waals surface area (Å²) >= 11 is 0. The fourth-order valence-corrected chi connectivity index (χ4v) is 1.86. The maximum Gasteiger partial charge on any atom is 0.122 e. The van der Waals surface area contributed by atoms with Crippen molar-refractivity contribution in [2.24, 2.45) is 0 Å². The predicted octanol–water partition coefficient (Wildman–Crippen LogP) is 2.07. The van der Waals surface area contributed by atoms with Crippen LogP contribution in [0.4, 0.5) is 0 Å². The van der Waals surface area contributed by atoms with E-state index < -0.39 is 0 Å². The number of benzene rings is 1. The standard InChI is InChI=1S/C10H13OP/c1-7-4-5-11-10-3-2-8(12)6-9(7)10/h2-3,6-7H,4-5,12H2,1H3. The molecule has 0 fully saturated rings. The smallest absolute Gasteiger partial charge is 0.122 e. The first-order chi connectivity index (χ1) is 5.77. The minimum absolute atomic E-state index is 0.647. The Balaban J connectivity index is 2.47. The molecule has 2 heteroatoms. The molecule has 1 aromatic rings. The van der Waals surface area contributed by atoms with Crippen molar-refractivity contribution in [2.45, 2.75) is 19.3 Å². The summed E-state index contributed by atoms with van der Waals surface area (Å²) < 4.78 is 5.54. The zero-order valence-electron chi connectivity index (χ0n) is 7.21. The van der Waals surface area contributed by atoms with E-state index in [0.717, 1.165) is 18.8 Å². The fraction of sp³-hybridized carbons (Fsp3) is 0.400. The molecule has 1 aliphatic rings. The Labute approximate surface area is 75.3 Å². The van der Waals surface area contributed by atoms with Crippen molar-refractivity contribution < 1.29 is 4.74 Å². The van der Waals surface area contributed by atoms with Crippen LogP contribution in [0.15, 0.2) is 18.2 Å². The SMILES string of the molecule is CC1CCOc2ccc(P)cc21. The summed E-state index contributed by atoms with van der Waals surface area (Å²) in [6.45, 7) is 3.12. The van der Waals surface area contributed by atoms with Crippen molar-refractivity contribution in [3.63, 3.8) is 0 Å². The minimum Gasteiger partial charge on any atom is -0.493 e. The highest BCUT2D eigenvalue weighted by Crippen LogP contribution is 2.32. The van der Waals surface area contributed by atoms with Gasteiger partial charge in [0, 0.05) is 0 Å². The van der Waals surface area contributed by atoms with Gasteiger partial charge in [-0.3, -0.25) is 0 Å². The number of fused-ring (bicyclic) bond motifs is 1. The Bertz CT molecular complexity index is 296. The molecule has 0 bridgehead atoms. The lowest BCUT2D eigenvalue weighted by molar-refractivity contribution is 0.272. The number of hydrogen-bond acceptors (Lipinski definition) is 1. The molecule has 0 N–H and O–H groups in total. The van der Waals surface area contributed by atoms with Crippen LogP contribution < -0.4 is 10.0 Å². The molecule has 64 valence electrons. The average molecular weight is 180 g/mol. The van der Waals surface area contributed by atoms with Gasteiger partial charge < -0.3 is 4.74 Å². The van der Waals surface area contributed by atoms with Gasteiger partial charge in [0.1, 0.15) is 5.75 Å². The highest BCUT2D eigenvalue weighted by molar-refractivity contribution is 7.27. The summed E-state index contributed by atoms with van der Waals surface area (Å²) in [4.78, 5) is 0. The van der Waals surface area contributed by atoms with E-state index in [4.69, 9.17) is 4.74 Å². The van der Waals surface area contributed by atoms with Gasteiger partial charge in [0.2, 0.25) is 0 Å². The lowest BCUT2D eigenvalue weighted by Crippen LogP contribution is -2.13. The van der Waals surface area contributed by atoms with Crippen LogP contribution in [0.2, 0.25) is 0 Å².